The minimum absolute atomic E-state index is 0.0873. The number of rotatable bonds is 2. The third-order valence-electron chi connectivity index (χ3n) is 4.68. The van der Waals surface area contributed by atoms with Crippen LogP contribution in [0.2, 0.25) is 0 Å². The first-order chi connectivity index (χ1) is 9.56. The average Bonchev–Trinajstić information content (AvgIpc) is 2.42. The van der Waals surface area contributed by atoms with E-state index in [4.69, 9.17) is 5.73 Å². The zero-order chi connectivity index (χ0) is 14.2. The van der Waals surface area contributed by atoms with Gasteiger partial charge < -0.3 is 5.73 Å². The monoisotopic (exact) mass is 265 g/mol. The third kappa shape index (κ3) is 2.64. The lowest BCUT2D eigenvalue weighted by molar-refractivity contribution is 0.369. The lowest BCUT2D eigenvalue weighted by atomic mass is 9.75. The van der Waals surface area contributed by atoms with Crippen LogP contribution >= 0.6 is 0 Å². The summed E-state index contributed by atoms with van der Waals surface area (Å²) >= 11 is 0. The molecule has 0 saturated heterocycles. The number of benzene rings is 2. The summed E-state index contributed by atoms with van der Waals surface area (Å²) in [4.78, 5) is 0. The Bertz CT molecular complexity index is 629. The molecular formula is C19H23N. The normalized spacial score (nSPS) is 21.6. The van der Waals surface area contributed by atoms with Crippen LogP contribution in [0.15, 0.2) is 42.5 Å². The zero-order valence-electron chi connectivity index (χ0n) is 12.4. The van der Waals surface area contributed by atoms with E-state index in [1.54, 1.807) is 0 Å². The summed E-state index contributed by atoms with van der Waals surface area (Å²) in [5.41, 5.74) is 13.6. The van der Waals surface area contributed by atoms with Crippen LogP contribution in [0.25, 0.3) is 0 Å². The van der Waals surface area contributed by atoms with Crippen LogP contribution in [-0.2, 0) is 19.3 Å². The van der Waals surface area contributed by atoms with Gasteiger partial charge in [0.1, 0.15) is 0 Å². The van der Waals surface area contributed by atoms with Crippen molar-refractivity contribution in [1.29, 1.82) is 0 Å². The summed E-state index contributed by atoms with van der Waals surface area (Å²) in [6, 6.07) is 15.5. The number of hydrogen-bond acceptors (Lipinski definition) is 1. The SMILES string of the molecule is Cc1ccc(CC2(N)CCc3ccccc3C2)cc1C. The molecule has 2 aromatic rings. The fraction of sp³-hybridized carbons (Fsp3) is 0.368. The minimum Gasteiger partial charge on any atom is -0.324 e. The van der Waals surface area contributed by atoms with Gasteiger partial charge in [-0.25, -0.2) is 0 Å². The van der Waals surface area contributed by atoms with Crippen molar-refractivity contribution in [3.05, 3.63) is 70.3 Å². The Labute approximate surface area is 121 Å². The van der Waals surface area contributed by atoms with E-state index < -0.39 is 0 Å². The van der Waals surface area contributed by atoms with Gasteiger partial charge in [0.25, 0.3) is 0 Å². The van der Waals surface area contributed by atoms with Gasteiger partial charge in [0.2, 0.25) is 0 Å². The first kappa shape index (κ1) is 13.4. The lowest BCUT2D eigenvalue weighted by Gasteiger charge is -2.35. The quantitative estimate of drug-likeness (QED) is 0.879. The van der Waals surface area contributed by atoms with Gasteiger partial charge in [-0.1, -0.05) is 42.5 Å². The summed E-state index contributed by atoms with van der Waals surface area (Å²) in [7, 11) is 0. The fourth-order valence-electron chi connectivity index (χ4n) is 3.30. The molecule has 1 heteroatoms. The molecule has 1 nitrogen and oxygen atoms in total. The van der Waals surface area contributed by atoms with Gasteiger partial charge in [0.15, 0.2) is 0 Å². The van der Waals surface area contributed by atoms with Crippen molar-refractivity contribution >= 4 is 0 Å². The average molecular weight is 265 g/mol. The van der Waals surface area contributed by atoms with Gasteiger partial charge in [0, 0.05) is 5.54 Å². The second-order valence-electron chi connectivity index (χ2n) is 6.40. The molecule has 0 spiro atoms. The van der Waals surface area contributed by atoms with E-state index in [2.05, 4.69) is 56.3 Å². The highest BCUT2D eigenvalue weighted by Gasteiger charge is 2.30. The Morgan fingerprint density at radius 1 is 1.00 bits per heavy atom. The molecule has 0 radical (unpaired) electrons. The van der Waals surface area contributed by atoms with Crippen LogP contribution < -0.4 is 5.73 Å². The molecule has 20 heavy (non-hydrogen) atoms. The van der Waals surface area contributed by atoms with Crippen LogP contribution in [0, 0.1) is 13.8 Å². The highest BCUT2D eigenvalue weighted by atomic mass is 14.7. The molecule has 0 saturated carbocycles. The lowest BCUT2D eigenvalue weighted by Crippen LogP contribution is -2.47. The largest absolute Gasteiger partial charge is 0.324 e. The molecule has 1 atom stereocenters. The molecule has 0 amide bonds. The molecule has 1 aliphatic rings. The van der Waals surface area contributed by atoms with E-state index in [-0.39, 0.29) is 5.54 Å². The predicted octanol–water partition coefficient (Wildman–Crippen LogP) is 3.73. The highest BCUT2D eigenvalue weighted by molar-refractivity contribution is 5.35. The second kappa shape index (κ2) is 5.06. The van der Waals surface area contributed by atoms with Crippen molar-refractivity contribution < 1.29 is 0 Å². The van der Waals surface area contributed by atoms with Gasteiger partial charge in [-0.3, -0.25) is 0 Å². The Kier molecular flexibility index (Phi) is 3.39. The molecule has 0 bridgehead atoms. The summed E-state index contributed by atoms with van der Waals surface area (Å²) in [6.45, 7) is 4.34. The van der Waals surface area contributed by atoms with Gasteiger partial charge in [-0.05, 0) is 67.3 Å². The molecule has 3 rings (SSSR count). The number of nitrogens with two attached hydrogens (primary N) is 1. The van der Waals surface area contributed by atoms with Crippen LogP contribution in [0.1, 0.15) is 34.2 Å². The molecule has 104 valence electrons. The predicted molar refractivity (Wildman–Crippen MR) is 85.0 cm³/mol. The van der Waals surface area contributed by atoms with Gasteiger partial charge in [-0.15, -0.1) is 0 Å². The topological polar surface area (TPSA) is 26.0 Å². The van der Waals surface area contributed by atoms with Crippen molar-refractivity contribution in [3.8, 4) is 0 Å². The standard InChI is InChI=1S/C19H23N/c1-14-7-8-16(11-15(14)2)12-19(20)10-9-17-5-3-4-6-18(17)13-19/h3-8,11H,9-10,12-13,20H2,1-2H3. The van der Waals surface area contributed by atoms with E-state index in [1.807, 2.05) is 0 Å². The maximum atomic E-state index is 6.69. The first-order valence-electron chi connectivity index (χ1n) is 7.48. The first-order valence-corrected chi connectivity index (χ1v) is 7.48. The van der Waals surface area contributed by atoms with E-state index in [9.17, 15) is 0 Å². The van der Waals surface area contributed by atoms with Crippen LogP contribution in [0.4, 0.5) is 0 Å². The van der Waals surface area contributed by atoms with Gasteiger partial charge in [0.05, 0.1) is 0 Å². The molecule has 1 unspecified atom stereocenters. The molecule has 0 heterocycles. The van der Waals surface area contributed by atoms with Crippen molar-refractivity contribution in [1.82, 2.24) is 0 Å². The molecule has 0 aliphatic heterocycles. The molecule has 1 aliphatic carbocycles. The van der Waals surface area contributed by atoms with Crippen molar-refractivity contribution in [3.63, 3.8) is 0 Å². The highest BCUT2D eigenvalue weighted by Crippen LogP contribution is 2.30. The van der Waals surface area contributed by atoms with E-state index in [0.29, 0.717) is 0 Å². The molecule has 2 aromatic carbocycles. The summed E-state index contributed by atoms with van der Waals surface area (Å²) < 4.78 is 0. The second-order valence-corrected chi connectivity index (χ2v) is 6.40. The summed E-state index contributed by atoms with van der Waals surface area (Å²) in [5.74, 6) is 0. The Morgan fingerprint density at radius 2 is 1.75 bits per heavy atom. The summed E-state index contributed by atoms with van der Waals surface area (Å²) in [6.07, 6.45) is 4.16. The van der Waals surface area contributed by atoms with Gasteiger partial charge >= 0.3 is 0 Å². The van der Waals surface area contributed by atoms with Crippen molar-refractivity contribution in [2.75, 3.05) is 0 Å². The number of fused-ring (bicyclic) bond motifs is 1. The number of aryl methyl sites for hydroxylation is 3. The van der Waals surface area contributed by atoms with Crippen molar-refractivity contribution in [2.24, 2.45) is 5.73 Å². The van der Waals surface area contributed by atoms with Crippen LogP contribution in [-0.4, -0.2) is 5.54 Å². The van der Waals surface area contributed by atoms with E-state index >= 15 is 0 Å². The summed E-state index contributed by atoms with van der Waals surface area (Å²) in [5, 5.41) is 0. The molecular weight excluding hydrogens is 242 g/mol. The van der Waals surface area contributed by atoms with E-state index in [0.717, 1.165) is 25.7 Å². The fourth-order valence-corrected chi connectivity index (χ4v) is 3.30. The smallest absolute Gasteiger partial charge is 0.0239 e. The van der Waals surface area contributed by atoms with E-state index in [1.165, 1.54) is 27.8 Å². The molecule has 0 aromatic heterocycles. The Balaban J connectivity index is 1.82. The Morgan fingerprint density at radius 3 is 2.50 bits per heavy atom. The maximum Gasteiger partial charge on any atom is 0.0239 e. The molecule has 2 N–H and O–H groups in total. The Hall–Kier alpha value is -1.60. The third-order valence-corrected chi connectivity index (χ3v) is 4.68. The van der Waals surface area contributed by atoms with Crippen LogP contribution in [0.5, 0.6) is 0 Å². The molecule has 0 fully saturated rings. The van der Waals surface area contributed by atoms with Crippen LogP contribution in [0.3, 0.4) is 0 Å². The van der Waals surface area contributed by atoms with Crippen molar-refractivity contribution in [2.45, 2.75) is 45.1 Å². The van der Waals surface area contributed by atoms with Gasteiger partial charge in [-0.2, -0.15) is 0 Å². The maximum absolute atomic E-state index is 6.69. The minimum atomic E-state index is -0.0873. The number of hydrogen-bond donors (Lipinski definition) is 1. The zero-order valence-corrected chi connectivity index (χ0v) is 12.4.